The standard InChI is InChI=1S/C16H22N4O4S.ClH/c17-9-14(11-4-5-11)19-16(22)12-2-1-3-13(8-12)25(23,24)20-7-6-18-15(21)10-20;/h1-3,8,11,14H,4-7,9-10,17H2,(H,18,21)(H,19,22);1H. The Labute approximate surface area is 159 Å². The van der Waals surface area contributed by atoms with Crippen LogP contribution in [0.3, 0.4) is 0 Å². The molecule has 144 valence electrons. The number of carbonyl (C=O) groups is 2. The van der Waals surface area contributed by atoms with E-state index in [2.05, 4.69) is 10.6 Å². The van der Waals surface area contributed by atoms with Crippen molar-refractivity contribution in [2.45, 2.75) is 23.8 Å². The van der Waals surface area contributed by atoms with E-state index in [1.54, 1.807) is 6.07 Å². The number of sulfonamides is 1. The lowest BCUT2D eigenvalue weighted by molar-refractivity contribution is -0.122. The van der Waals surface area contributed by atoms with Crippen LogP contribution in [0.25, 0.3) is 0 Å². The molecule has 1 aliphatic carbocycles. The highest BCUT2D eigenvalue weighted by atomic mass is 35.5. The zero-order valence-electron chi connectivity index (χ0n) is 14.2. The number of nitrogens with two attached hydrogens (primary N) is 1. The third-order valence-corrected chi connectivity index (χ3v) is 6.34. The van der Waals surface area contributed by atoms with Gasteiger partial charge in [-0.05, 0) is 37.0 Å². The van der Waals surface area contributed by atoms with Gasteiger partial charge in [-0.1, -0.05) is 6.07 Å². The summed E-state index contributed by atoms with van der Waals surface area (Å²) in [6.45, 7) is 0.631. The summed E-state index contributed by atoms with van der Waals surface area (Å²) in [4.78, 5) is 23.9. The molecule has 2 amide bonds. The SMILES string of the molecule is Cl.NCC(NC(=O)c1cccc(S(=O)(=O)N2CCNC(=O)C2)c1)C1CC1. The van der Waals surface area contributed by atoms with Crippen molar-refractivity contribution in [3.05, 3.63) is 29.8 Å². The minimum atomic E-state index is -3.82. The molecule has 3 rings (SSSR count). The highest BCUT2D eigenvalue weighted by Gasteiger charge is 2.32. The fourth-order valence-corrected chi connectivity index (χ4v) is 4.33. The van der Waals surface area contributed by atoms with Crippen molar-refractivity contribution < 1.29 is 18.0 Å². The smallest absolute Gasteiger partial charge is 0.251 e. The summed E-state index contributed by atoms with van der Waals surface area (Å²) in [7, 11) is -3.82. The highest BCUT2D eigenvalue weighted by Crippen LogP contribution is 2.32. The number of carbonyl (C=O) groups excluding carboxylic acids is 2. The van der Waals surface area contributed by atoms with E-state index in [1.165, 1.54) is 18.2 Å². The molecule has 1 aliphatic heterocycles. The molecule has 0 aromatic heterocycles. The summed E-state index contributed by atoms with van der Waals surface area (Å²) in [6.07, 6.45) is 2.10. The molecule has 26 heavy (non-hydrogen) atoms. The van der Waals surface area contributed by atoms with E-state index in [0.29, 0.717) is 12.5 Å². The van der Waals surface area contributed by atoms with Crippen LogP contribution >= 0.6 is 12.4 Å². The molecule has 0 radical (unpaired) electrons. The lowest BCUT2D eigenvalue weighted by Crippen LogP contribution is -2.49. The Hall–Kier alpha value is -1.68. The van der Waals surface area contributed by atoms with E-state index in [4.69, 9.17) is 5.73 Å². The second kappa shape index (κ2) is 8.34. The number of piperazine rings is 1. The molecular weight excluding hydrogens is 380 g/mol. The lowest BCUT2D eigenvalue weighted by Gasteiger charge is -2.26. The molecule has 1 atom stereocenters. The van der Waals surface area contributed by atoms with E-state index in [-0.39, 0.29) is 60.4 Å². The van der Waals surface area contributed by atoms with Gasteiger partial charge in [-0.15, -0.1) is 12.4 Å². The van der Waals surface area contributed by atoms with Crippen LogP contribution in [0.5, 0.6) is 0 Å². The van der Waals surface area contributed by atoms with Gasteiger partial charge in [0.1, 0.15) is 0 Å². The van der Waals surface area contributed by atoms with Gasteiger partial charge < -0.3 is 16.4 Å². The molecular formula is C16H23ClN4O4S. The number of nitrogens with zero attached hydrogens (tertiary/aromatic N) is 1. The van der Waals surface area contributed by atoms with E-state index in [9.17, 15) is 18.0 Å². The minimum absolute atomic E-state index is 0. The van der Waals surface area contributed by atoms with E-state index < -0.39 is 10.0 Å². The van der Waals surface area contributed by atoms with Gasteiger partial charge in [-0.3, -0.25) is 9.59 Å². The van der Waals surface area contributed by atoms with Crippen LogP contribution in [0, 0.1) is 5.92 Å². The van der Waals surface area contributed by atoms with Gasteiger partial charge in [0.2, 0.25) is 15.9 Å². The maximum absolute atomic E-state index is 12.7. The van der Waals surface area contributed by atoms with E-state index in [1.807, 2.05) is 0 Å². The third kappa shape index (κ3) is 4.53. The fraction of sp³-hybridized carbons (Fsp3) is 0.500. The summed E-state index contributed by atoms with van der Waals surface area (Å²) < 4.78 is 26.5. The summed E-state index contributed by atoms with van der Waals surface area (Å²) in [5.74, 6) is -0.262. The van der Waals surface area contributed by atoms with Gasteiger partial charge in [0, 0.05) is 31.2 Å². The molecule has 0 bridgehead atoms. The van der Waals surface area contributed by atoms with Crippen molar-refractivity contribution >= 4 is 34.2 Å². The van der Waals surface area contributed by atoms with Crippen LogP contribution in [0.4, 0.5) is 0 Å². The maximum atomic E-state index is 12.7. The quantitative estimate of drug-likeness (QED) is 0.602. The Morgan fingerprint density at radius 3 is 2.73 bits per heavy atom. The van der Waals surface area contributed by atoms with Crippen molar-refractivity contribution in [1.82, 2.24) is 14.9 Å². The second-order valence-electron chi connectivity index (χ2n) is 6.37. The normalized spacial score (nSPS) is 19.2. The first-order valence-electron chi connectivity index (χ1n) is 8.29. The van der Waals surface area contributed by atoms with Gasteiger partial charge in [-0.2, -0.15) is 4.31 Å². The molecule has 1 aromatic carbocycles. The van der Waals surface area contributed by atoms with Crippen LogP contribution in [0.1, 0.15) is 23.2 Å². The molecule has 8 nitrogen and oxygen atoms in total. The van der Waals surface area contributed by atoms with Gasteiger partial charge in [0.05, 0.1) is 11.4 Å². The summed E-state index contributed by atoms with van der Waals surface area (Å²) in [5, 5.41) is 5.46. The Bertz CT molecular complexity index is 782. The molecule has 10 heteroatoms. The average Bonchev–Trinajstić information content (AvgIpc) is 3.44. The van der Waals surface area contributed by atoms with Crippen LogP contribution in [0.2, 0.25) is 0 Å². The minimum Gasteiger partial charge on any atom is -0.354 e. The number of hydrogen-bond acceptors (Lipinski definition) is 5. The first-order valence-corrected chi connectivity index (χ1v) is 9.73. The summed E-state index contributed by atoms with van der Waals surface area (Å²) in [6, 6.07) is 5.79. The van der Waals surface area contributed by atoms with Crippen LogP contribution in [-0.4, -0.2) is 56.8 Å². The lowest BCUT2D eigenvalue weighted by atomic mass is 10.1. The fourth-order valence-electron chi connectivity index (χ4n) is 2.89. The summed E-state index contributed by atoms with van der Waals surface area (Å²) in [5.41, 5.74) is 5.96. The third-order valence-electron chi connectivity index (χ3n) is 4.50. The molecule has 1 heterocycles. The largest absolute Gasteiger partial charge is 0.354 e. The van der Waals surface area contributed by atoms with E-state index in [0.717, 1.165) is 17.1 Å². The Balaban J connectivity index is 0.00000243. The molecule has 2 fully saturated rings. The summed E-state index contributed by atoms with van der Waals surface area (Å²) >= 11 is 0. The molecule has 1 aromatic rings. The average molecular weight is 403 g/mol. The maximum Gasteiger partial charge on any atom is 0.251 e. The van der Waals surface area contributed by atoms with Gasteiger partial charge in [0.15, 0.2) is 0 Å². The first-order chi connectivity index (χ1) is 11.9. The number of rotatable bonds is 6. The number of amides is 2. The molecule has 1 saturated carbocycles. The zero-order valence-corrected chi connectivity index (χ0v) is 15.8. The topological polar surface area (TPSA) is 122 Å². The first kappa shape index (κ1) is 20.6. The van der Waals surface area contributed by atoms with Crippen molar-refractivity contribution in [2.24, 2.45) is 11.7 Å². The number of halogens is 1. The van der Waals surface area contributed by atoms with Gasteiger partial charge in [-0.25, -0.2) is 8.42 Å². The number of hydrogen-bond donors (Lipinski definition) is 3. The second-order valence-corrected chi connectivity index (χ2v) is 8.31. The van der Waals surface area contributed by atoms with Crippen molar-refractivity contribution in [3.63, 3.8) is 0 Å². The van der Waals surface area contributed by atoms with Crippen molar-refractivity contribution in [1.29, 1.82) is 0 Å². The predicted molar refractivity (Wildman–Crippen MR) is 98.5 cm³/mol. The number of benzene rings is 1. The Kier molecular flexibility index (Phi) is 6.62. The Morgan fingerprint density at radius 2 is 2.12 bits per heavy atom. The highest BCUT2D eigenvalue weighted by molar-refractivity contribution is 7.89. The number of nitrogens with one attached hydrogen (secondary N) is 2. The van der Waals surface area contributed by atoms with Crippen LogP contribution in [0.15, 0.2) is 29.2 Å². The van der Waals surface area contributed by atoms with Crippen molar-refractivity contribution in [2.75, 3.05) is 26.2 Å². The molecule has 2 aliphatic rings. The van der Waals surface area contributed by atoms with Gasteiger partial charge in [0.25, 0.3) is 5.91 Å². The van der Waals surface area contributed by atoms with Crippen molar-refractivity contribution in [3.8, 4) is 0 Å². The van der Waals surface area contributed by atoms with Gasteiger partial charge >= 0.3 is 0 Å². The molecule has 4 N–H and O–H groups in total. The zero-order chi connectivity index (χ0) is 18.0. The molecule has 1 unspecified atom stereocenters. The molecule has 0 spiro atoms. The Morgan fingerprint density at radius 1 is 1.38 bits per heavy atom. The van der Waals surface area contributed by atoms with Crippen LogP contribution < -0.4 is 16.4 Å². The van der Waals surface area contributed by atoms with Crippen LogP contribution in [-0.2, 0) is 14.8 Å². The molecule has 1 saturated heterocycles. The monoisotopic (exact) mass is 402 g/mol. The predicted octanol–water partition coefficient (Wildman–Crippen LogP) is -0.304. The van der Waals surface area contributed by atoms with E-state index >= 15 is 0 Å².